The van der Waals surface area contributed by atoms with Gasteiger partial charge in [-0.3, -0.25) is 0 Å². The van der Waals surface area contributed by atoms with Crippen LogP contribution in [-0.4, -0.2) is 43.5 Å². The number of thiocarbonyl (C=S) groups is 1. The van der Waals surface area contributed by atoms with Crippen molar-refractivity contribution in [2.45, 2.75) is 13.0 Å². The average molecular weight is 372 g/mol. The number of hydrogen-bond acceptors (Lipinski definition) is 5. The van der Waals surface area contributed by atoms with E-state index in [0.717, 1.165) is 32.0 Å². The summed E-state index contributed by atoms with van der Waals surface area (Å²) in [6, 6.07) is 12.4. The molecule has 0 amide bonds. The fraction of sp³-hybridized carbons (Fsp3) is 0.368. The van der Waals surface area contributed by atoms with Crippen molar-refractivity contribution < 1.29 is 9.47 Å². The first-order valence-electron chi connectivity index (χ1n) is 8.66. The Balaban J connectivity index is 1.54. The van der Waals surface area contributed by atoms with E-state index >= 15 is 0 Å². The lowest BCUT2D eigenvalue weighted by atomic mass is 10.1. The molecular formula is C19H24N4O2S. The summed E-state index contributed by atoms with van der Waals surface area (Å²) in [6.45, 7) is 5.55. The van der Waals surface area contributed by atoms with Crippen molar-refractivity contribution >= 4 is 28.7 Å². The normalized spacial score (nSPS) is 15.2. The second-order valence-corrected chi connectivity index (χ2v) is 6.51. The fourth-order valence-electron chi connectivity index (χ4n) is 2.82. The van der Waals surface area contributed by atoms with Gasteiger partial charge in [0.15, 0.2) is 5.11 Å². The molecule has 1 aromatic carbocycles. The molecule has 1 atom stereocenters. The van der Waals surface area contributed by atoms with E-state index in [1.165, 1.54) is 11.3 Å². The van der Waals surface area contributed by atoms with Crippen LogP contribution in [0.25, 0.3) is 0 Å². The maximum Gasteiger partial charge on any atom is 0.213 e. The van der Waals surface area contributed by atoms with E-state index in [1.54, 1.807) is 19.4 Å². The number of methoxy groups -OCH3 is 1. The van der Waals surface area contributed by atoms with Crippen LogP contribution in [0.4, 0.5) is 11.4 Å². The Morgan fingerprint density at radius 3 is 2.54 bits per heavy atom. The highest BCUT2D eigenvalue weighted by Crippen LogP contribution is 2.20. The Morgan fingerprint density at radius 1 is 1.19 bits per heavy atom. The Labute approximate surface area is 159 Å². The van der Waals surface area contributed by atoms with Gasteiger partial charge in [0.25, 0.3) is 0 Å². The van der Waals surface area contributed by atoms with E-state index in [9.17, 15) is 0 Å². The number of rotatable bonds is 5. The second kappa shape index (κ2) is 8.82. The standard InChI is InChI=1S/C19H24N4O2S/c1-14(21-19(26)22-16-5-8-18(24-2)20-13-16)15-3-6-17(7-4-15)23-9-11-25-12-10-23/h3-8,13-14H,9-12H2,1-2H3,(H2,21,22,26)/t14-/m0/s1. The number of morpholine rings is 1. The third kappa shape index (κ3) is 4.83. The molecule has 0 unspecified atom stereocenters. The summed E-state index contributed by atoms with van der Waals surface area (Å²) in [4.78, 5) is 6.50. The van der Waals surface area contributed by atoms with E-state index in [1.807, 2.05) is 6.07 Å². The highest BCUT2D eigenvalue weighted by Gasteiger charge is 2.12. The molecule has 1 fully saturated rings. The monoisotopic (exact) mass is 372 g/mol. The smallest absolute Gasteiger partial charge is 0.213 e. The van der Waals surface area contributed by atoms with E-state index in [2.05, 4.69) is 51.7 Å². The molecule has 1 saturated heterocycles. The highest BCUT2D eigenvalue weighted by atomic mass is 32.1. The molecule has 0 spiro atoms. The SMILES string of the molecule is COc1ccc(NC(=S)N[C@@H](C)c2ccc(N3CCOCC3)cc2)cn1. The van der Waals surface area contributed by atoms with Crippen molar-refractivity contribution in [1.29, 1.82) is 0 Å². The molecule has 2 heterocycles. The molecule has 1 aliphatic rings. The van der Waals surface area contributed by atoms with Crippen LogP contribution in [0.3, 0.4) is 0 Å². The van der Waals surface area contributed by atoms with Crippen LogP contribution < -0.4 is 20.3 Å². The van der Waals surface area contributed by atoms with E-state index in [4.69, 9.17) is 21.7 Å². The molecule has 7 heteroatoms. The largest absolute Gasteiger partial charge is 0.481 e. The molecular weight excluding hydrogens is 348 g/mol. The summed E-state index contributed by atoms with van der Waals surface area (Å²) in [5.41, 5.74) is 3.23. The molecule has 1 aliphatic heterocycles. The predicted molar refractivity (Wildman–Crippen MR) is 108 cm³/mol. The Hall–Kier alpha value is -2.38. The van der Waals surface area contributed by atoms with Gasteiger partial charge >= 0.3 is 0 Å². The minimum atomic E-state index is 0.0972. The first-order chi connectivity index (χ1) is 12.7. The van der Waals surface area contributed by atoms with Gasteiger partial charge in [0.2, 0.25) is 5.88 Å². The van der Waals surface area contributed by atoms with Gasteiger partial charge in [-0.1, -0.05) is 12.1 Å². The molecule has 6 nitrogen and oxygen atoms in total. The maximum atomic E-state index is 5.40. The van der Waals surface area contributed by atoms with E-state index in [0.29, 0.717) is 11.0 Å². The van der Waals surface area contributed by atoms with Crippen LogP contribution in [0.5, 0.6) is 5.88 Å². The van der Waals surface area contributed by atoms with E-state index < -0.39 is 0 Å². The predicted octanol–water partition coefficient (Wildman–Crippen LogP) is 2.97. The molecule has 2 aromatic rings. The molecule has 0 aliphatic carbocycles. The van der Waals surface area contributed by atoms with Crippen LogP contribution in [0.2, 0.25) is 0 Å². The molecule has 1 aromatic heterocycles. The minimum absolute atomic E-state index is 0.0972. The van der Waals surface area contributed by atoms with Crippen molar-refractivity contribution in [3.8, 4) is 5.88 Å². The number of hydrogen-bond donors (Lipinski definition) is 2. The first-order valence-corrected chi connectivity index (χ1v) is 9.07. The van der Waals surface area contributed by atoms with E-state index in [-0.39, 0.29) is 6.04 Å². The molecule has 2 N–H and O–H groups in total. The van der Waals surface area contributed by atoms with Gasteiger partial charge in [-0.05, 0) is 42.9 Å². The van der Waals surface area contributed by atoms with Crippen molar-refractivity contribution in [3.05, 3.63) is 48.2 Å². The van der Waals surface area contributed by atoms with Crippen LogP contribution >= 0.6 is 12.2 Å². The molecule has 0 saturated carbocycles. The molecule has 3 rings (SSSR count). The Morgan fingerprint density at radius 2 is 1.92 bits per heavy atom. The van der Waals surface area contributed by atoms with Gasteiger partial charge in [-0.2, -0.15) is 0 Å². The fourth-order valence-corrected chi connectivity index (χ4v) is 3.11. The lowest BCUT2D eigenvalue weighted by molar-refractivity contribution is 0.122. The average Bonchev–Trinajstić information content (AvgIpc) is 2.69. The van der Waals surface area contributed by atoms with Crippen LogP contribution in [0.15, 0.2) is 42.6 Å². The number of nitrogens with one attached hydrogen (secondary N) is 2. The quantitative estimate of drug-likeness (QED) is 0.783. The van der Waals surface area contributed by atoms with Crippen molar-refractivity contribution in [1.82, 2.24) is 10.3 Å². The van der Waals surface area contributed by atoms with Gasteiger partial charge < -0.3 is 25.0 Å². The molecule has 0 radical (unpaired) electrons. The summed E-state index contributed by atoms with van der Waals surface area (Å²) >= 11 is 5.40. The number of aromatic nitrogens is 1. The Kier molecular flexibility index (Phi) is 6.25. The molecule has 138 valence electrons. The second-order valence-electron chi connectivity index (χ2n) is 6.10. The summed E-state index contributed by atoms with van der Waals surface area (Å²) < 4.78 is 10.5. The Bertz CT molecular complexity index is 715. The van der Waals surface area contributed by atoms with Gasteiger partial charge in [-0.25, -0.2) is 4.98 Å². The first kappa shape index (κ1) is 18.4. The zero-order valence-electron chi connectivity index (χ0n) is 15.1. The summed E-state index contributed by atoms with van der Waals surface area (Å²) in [7, 11) is 1.59. The number of pyridine rings is 1. The summed E-state index contributed by atoms with van der Waals surface area (Å²) in [5, 5.41) is 6.99. The lowest BCUT2D eigenvalue weighted by Gasteiger charge is -2.29. The molecule has 26 heavy (non-hydrogen) atoms. The zero-order valence-corrected chi connectivity index (χ0v) is 15.9. The molecule has 0 bridgehead atoms. The number of benzene rings is 1. The van der Waals surface area contributed by atoms with Crippen molar-refractivity contribution in [2.24, 2.45) is 0 Å². The topological polar surface area (TPSA) is 58.7 Å². The minimum Gasteiger partial charge on any atom is -0.481 e. The van der Waals surface area contributed by atoms with Gasteiger partial charge in [-0.15, -0.1) is 0 Å². The lowest BCUT2D eigenvalue weighted by Crippen LogP contribution is -2.36. The van der Waals surface area contributed by atoms with Gasteiger partial charge in [0, 0.05) is 24.8 Å². The van der Waals surface area contributed by atoms with Crippen LogP contribution in [0.1, 0.15) is 18.5 Å². The number of nitrogens with zero attached hydrogens (tertiary/aromatic N) is 2. The number of ether oxygens (including phenoxy) is 2. The van der Waals surface area contributed by atoms with Crippen LogP contribution in [-0.2, 0) is 4.74 Å². The third-order valence-corrected chi connectivity index (χ3v) is 4.54. The van der Waals surface area contributed by atoms with Gasteiger partial charge in [0.05, 0.1) is 38.2 Å². The summed E-state index contributed by atoms with van der Waals surface area (Å²) in [5.74, 6) is 0.572. The maximum absolute atomic E-state index is 5.40. The van der Waals surface area contributed by atoms with Crippen molar-refractivity contribution in [2.75, 3.05) is 43.6 Å². The van der Waals surface area contributed by atoms with Crippen molar-refractivity contribution in [3.63, 3.8) is 0 Å². The third-order valence-electron chi connectivity index (χ3n) is 4.32. The summed E-state index contributed by atoms with van der Waals surface area (Å²) in [6.07, 6.45) is 1.69. The zero-order chi connectivity index (χ0) is 18.4. The van der Waals surface area contributed by atoms with Gasteiger partial charge in [0.1, 0.15) is 0 Å². The highest BCUT2D eigenvalue weighted by molar-refractivity contribution is 7.80. The van der Waals surface area contributed by atoms with Crippen LogP contribution in [0, 0.1) is 0 Å². The number of anilines is 2.